The van der Waals surface area contributed by atoms with E-state index >= 15 is 0 Å². The first-order valence-corrected chi connectivity index (χ1v) is 4.06. The van der Waals surface area contributed by atoms with Gasteiger partial charge in [0, 0.05) is 23.2 Å². The molecular formula is C7H6BrFN2O2. The van der Waals surface area contributed by atoms with Crippen molar-refractivity contribution in [2.45, 2.75) is 0 Å². The normalized spacial score (nSPS) is 9.77. The molecule has 0 saturated carbocycles. The Balaban J connectivity index is 3.27. The molecule has 0 aromatic heterocycles. The summed E-state index contributed by atoms with van der Waals surface area (Å²) < 4.78 is 14.0. The van der Waals surface area contributed by atoms with E-state index in [4.69, 9.17) is 0 Å². The topological polar surface area (TPSA) is 46.4 Å². The number of nitro groups is 1. The van der Waals surface area contributed by atoms with Gasteiger partial charge in [0.25, 0.3) is 5.69 Å². The summed E-state index contributed by atoms with van der Waals surface area (Å²) in [6.45, 7) is 0. The van der Waals surface area contributed by atoms with E-state index in [1.807, 2.05) is 0 Å². The third-order valence-corrected chi connectivity index (χ3v) is 1.85. The van der Waals surface area contributed by atoms with Crippen molar-refractivity contribution in [3.63, 3.8) is 0 Å². The van der Waals surface area contributed by atoms with Gasteiger partial charge in [-0.1, -0.05) is 0 Å². The van der Waals surface area contributed by atoms with Crippen LogP contribution >= 0.6 is 16.1 Å². The molecule has 6 heteroatoms. The van der Waals surface area contributed by atoms with Crippen LogP contribution in [0.4, 0.5) is 15.8 Å². The molecule has 0 unspecified atom stereocenters. The summed E-state index contributed by atoms with van der Waals surface area (Å²) in [5, 5.41) is 10.5. The van der Waals surface area contributed by atoms with Crippen LogP contribution in [0.3, 0.4) is 0 Å². The van der Waals surface area contributed by atoms with Gasteiger partial charge in [-0.05, 0) is 12.1 Å². The van der Waals surface area contributed by atoms with Gasteiger partial charge in [-0.3, -0.25) is 10.1 Å². The lowest BCUT2D eigenvalue weighted by molar-refractivity contribution is -0.384. The van der Waals surface area contributed by atoms with E-state index in [2.05, 4.69) is 16.1 Å². The zero-order valence-corrected chi connectivity index (χ0v) is 8.28. The van der Waals surface area contributed by atoms with Gasteiger partial charge in [-0.15, -0.1) is 0 Å². The minimum Gasteiger partial charge on any atom is -0.306 e. The van der Waals surface area contributed by atoms with Gasteiger partial charge in [-0.2, -0.15) is 0 Å². The van der Waals surface area contributed by atoms with Crippen LogP contribution in [0.2, 0.25) is 0 Å². The van der Waals surface area contributed by atoms with Crippen LogP contribution in [0, 0.1) is 15.9 Å². The Bertz CT molecular complexity index is 343. The van der Waals surface area contributed by atoms with Gasteiger partial charge < -0.3 is 3.93 Å². The highest BCUT2D eigenvalue weighted by Crippen LogP contribution is 2.29. The van der Waals surface area contributed by atoms with E-state index in [1.165, 1.54) is 16.1 Å². The summed E-state index contributed by atoms with van der Waals surface area (Å²) in [6.07, 6.45) is 0. The molecule has 0 aliphatic rings. The van der Waals surface area contributed by atoms with Gasteiger partial charge in [0.2, 0.25) is 0 Å². The molecule has 0 heterocycles. The number of hydrogen-bond acceptors (Lipinski definition) is 3. The molecule has 0 N–H and O–H groups in total. The minimum absolute atomic E-state index is 0.264. The lowest BCUT2D eigenvalue weighted by atomic mass is 10.2. The fourth-order valence-electron chi connectivity index (χ4n) is 0.903. The lowest BCUT2D eigenvalue weighted by Crippen LogP contribution is -2.03. The summed E-state index contributed by atoms with van der Waals surface area (Å²) in [7, 11) is 1.58. The second-order valence-electron chi connectivity index (χ2n) is 2.37. The number of anilines is 1. The summed E-state index contributed by atoms with van der Waals surface area (Å²) in [5.74, 6) is -0.621. The summed E-state index contributed by atoms with van der Waals surface area (Å²) in [5.41, 5.74) is 0.0470. The van der Waals surface area contributed by atoms with Crippen LogP contribution in [-0.2, 0) is 0 Å². The number of benzene rings is 1. The molecule has 0 saturated heterocycles. The minimum atomic E-state index is -0.629. The standard InChI is InChI=1S/C7H6BrFN2O2/c1-10(8)6-3-2-5(9)4-7(6)11(12)13/h2-4H,1H3. The first kappa shape index (κ1) is 9.91. The molecule has 0 radical (unpaired) electrons. The highest BCUT2D eigenvalue weighted by molar-refractivity contribution is 9.10. The Hall–Kier alpha value is -1.17. The zero-order chi connectivity index (χ0) is 10.0. The molecule has 1 rings (SSSR count). The first-order valence-electron chi connectivity index (χ1n) is 3.36. The quantitative estimate of drug-likeness (QED) is 0.459. The molecule has 0 fully saturated rings. The van der Waals surface area contributed by atoms with Gasteiger partial charge >= 0.3 is 0 Å². The van der Waals surface area contributed by atoms with Crippen molar-refractivity contribution in [3.05, 3.63) is 34.1 Å². The number of nitro benzene ring substituents is 1. The molecule has 0 amide bonds. The summed E-state index contributed by atoms with van der Waals surface area (Å²) in [4.78, 5) is 9.84. The van der Waals surface area contributed by atoms with E-state index in [0.29, 0.717) is 5.69 Å². The smallest absolute Gasteiger partial charge is 0.296 e. The molecule has 0 aliphatic heterocycles. The third-order valence-electron chi connectivity index (χ3n) is 1.47. The van der Waals surface area contributed by atoms with Crippen LogP contribution < -0.4 is 3.93 Å². The van der Waals surface area contributed by atoms with Crippen molar-refractivity contribution in [2.24, 2.45) is 0 Å². The molecule has 0 bridgehead atoms. The predicted molar refractivity (Wildman–Crippen MR) is 50.4 cm³/mol. The lowest BCUT2D eigenvalue weighted by Gasteiger charge is -2.09. The van der Waals surface area contributed by atoms with Gasteiger partial charge in [0.1, 0.15) is 11.5 Å². The van der Waals surface area contributed by atoms with Crippen molar-refractivity contribution < 1.29 is 9.31 Å². The zero-order valence-electron chi connectivity index (χ0n) is 6.70. The Morgan fingerprint density at radius 3 is 2.69 bits per heavy atom. The summed E-state index contributed by atoms with van der Waals surface area (Å²) in [6, 6.07) is 3.38. The monoisotopic (exact) mass is 248 g/mol. The maximum Gasteiger partial charge on any atom is 0.296 e. The average Bonchev–Trinajstić information content (AvgIpc) is 2.03. The highest BCUT2D eigenvalue weighted by atomic mass is 79.9. The maximum absolute atomic E-state index is 12.6. The number of halogens is 2. The Kier molecular flexibility index (Phi) is 2.82. The van der Waals surface area contributed by atoms with Crippen LogP contribution in [0.1, 0.15) is 0 Å². The van der Waals surface area contributed by atoms with E-state index in [9.17, 15) is 14.5 Å². The van der Waals surface area contributed by atoms with E-state index in [0.717, 1.165) is 6.07 Å². The van der Waals surface area contributed by atoms with E-state index in [-0.39, 0.29) is 5.69 Å². The van der Waals surface area contributed by atoms with Crippen molar-refractivity contribution in [3.8, 4) is 0 Å². The number of rotatable bonds is 2. The molecule has 1 aromatic rings. The Labute approximate surface area is 82.5 Å². The van der Waals surface area contributed by atoms with Gasteiger partial charge in [-0.25, -0.2) is 4.39 Å². The number of nitrogens with zero attached hydrogens (tertiary/aromatic N) is 2. The van der Waals surface area contributed by atoms with Crippen LogP contribution in [0.15, 0.2) is 18.2 Å². The average molecular weight is 249 g/mol. The predicted octanol–water partition coefficient (Wildman–Crippen LogP) is 2.48. The van der Waals surface area contributed by atoms with Crippen LogP contribution in [0.5, 0.6) is 0 Å². The summed E-state index contributed by atoms with van der Waals surface area (Å²) >= 11 is 3.03. The molecular weight excluding hydrogens is 243 g/mol. The molecule has 13 heavy (non-hydrogen) atoms. The second-order valence-corrected chi connectivity index (χ2v) is 3.43. The Morgan fingerprint density at radius 1 is 1.62 bits per heavy atom. The van der Waals surface area contributed by atoms with Crippen molar-refractivity contribution in [2.75, 3.05) is 11.0 Å². The highest BCUT2D eigenvalue weighted by Gasteiger charge is 2.16. The molecule has 1 aromatic carbocycles. The molecule has 0 aliphatic carbocycles. The fourth-order valence-corrected chi connectivity index (χ4v) is 1.20. The van der Waals surface area contributed by atoms with E-state index in [1.54, 1.807) is 7.05 Å². The Morgan fingerprint density at radius 2 is 2.23 bits per heavy atom. The fraction of sp³-hybridized carbons (Fsp3) is 0.143. The SMILES string of the molecule is CN(Br)c1ccc(F)cc1[N+](=O)[O-]. The maximum atomic E-state index is 12.6. The van der Waals surface area contributed by atoms with Gasteiger partial charge in [0.05, 0.1) is 11.0 Å². The molecule has 0 spiro atoms. The number of hydrogen-bond donors (Lipinski definition) is 0. The van der Waals surface area contributed by atoms with E-state index < -0.39 is 10.7 Å². The van der Waals surface area contributed by atoms with Crippen molar-refractivity contribution in [1.82, 2.24) is 0 Å². The van der Waals surface area contributed by atoms with Crippen LogP contribution in [0.25, 0.3) is 0 Å². The first-order chi connectivity index (χ1) is 6.02. The largest absolute Gasteiger partial charge is 0.306 e. The molecule has 0 atom stereocenters. The molecule has 70 valence electrons. The third kappa shape index (κ3) is 2.15. The van der Waals surface area contributed by atoms with Crippen molar-refractivity contribution in [1.29, 1.82) is 0 Å². The van der Waals surface area contributed by atoms with Gasteiger partial charge in [0.15, 0.2) is 0 Å². The van der Waals surface area contributed by atoms with Crippen molar-refractivity contribution >= 4 is 27.5 Å². The second kappa shape index (κ2) is 3.69. The molecule has 4 nitrogen and oxygen atoms in total. The van der Waals surface area contributed by atoms with Crippen LogP contribution in [-0.4, -0.2) is 12.0 Å².